The maximum Gasteiger partial charge on any atom is 0.0748 e. The average molecular weight is 281 g/mol. The Labute approximate surface area is 122 Å². The predicted octanol–water partition coefficient (Wildman–Crippen LogP) is 4.94. The lowest BCUT2D eigenvalue weighted by Crippen LogP contribution is -1.92. The highest BCUT2D eigenvalue weighted by Gasteiger charge is 1.98. The van der Waals surface area contributed by atoms with Crippen LogP contribution in [-0.4, -0.2) is 6.21 Å². The molecule has 0 amide bonds. The van der Waals surface area contributed by atoms with Crippen LogP contribution in [0.25, 0.3) is 10.8 Å². The van der Waals surface area contributed by atoms with Crippen LogP contribution in [0.2, 0.25) is 5.02 Å². The highest BCUT2D eigenvalue weighted by molar-refractivity contribution is 6.33. The summed E-state index contributed by atoms with van der Waals surface area (Å²) in [6.07, 6.45) is 1.81. The van der Waals surface area contributed by atoms with Crippen LogP contribution in [0.5, 0.6) is 0 Å². The van der Waals surface area contributed by atoms with Gasteiger partial charge in [-0.15, -0.1) is 0 Å². The van der Waals surface area contributed by atoms with E-state index in [4.69, 9.17) is 11.6 Å². The van der Waals surface area contributed by atoms with Crippen LogP contribution >= 0.6 is 11.6 Å². The summed E-state index contributed by atoms with van der Waals surface area (Å²) < 4.78 is 0. The van der Waals surface area contributed by atoms with Gasteiger partial charge in [-0.1, -0.05) is 66.2 Å². The summed E-state index contributed by atoms with van der Waals surface area (Å²) in [7, 11) is 0. The van der Waals surface area contributed by atoms with Crippen molar-refractivity contribution in [2.45, 2.75) is 0 Å². The first-order valence-corrected chi connectivity index (χ1v) is 6.74. The number of anilines is 1. The molecule has 0 aliphatic heterocycles. The molecule has 0 saturated carbocycles. The van der Waals surface area contributed by atoms with Crippen LogP contribution in [0.15, 0.2) is 71.8 Å². The summed E-state index contributed by atoms with van der Waals surface area (Å²) in [5.41, 5.74) is 4.83. The van der Waals surface area contributed by atoms with Crippen molar-refractivity contribution < 1.29 is 0 Å². The topological polar surface area (TPSA) is 24.4 Å². The van der Waals surface area contributed by atoms with E-state index in [2.05, 4.69) is 28.7 Å². The van der Waals surface area contributed by atoms with Crippen molar-refractivity contribution in [3.63, 3.8) is 0 Å². The lowest BCUT2D eigenvalue weighted by atomic mass is 10.1. The number of hydrazone groups is 1. The largest absolute Gasteiger partial charge is 0.277 e. The van der Waals surface area contributed by atoms with Crippen LogP contribution in [0.3, 0.4) is 0 Å². The molecule has 0 spiro atoms. The molecule has 0 radical (unpaired) electrons. The number of benzene rings is 3. The zero-order valence-corrected chi connectivity index (χ0v) is 11.5. The van der Waals surface area contributed by atoms with Gasteiger partial charge in [-0.05, 0) is 22.9 Å². The summed E-state index contributed by atoms with van der Waals surface area (Å²) in [6.45, 7) is 0. The molecule has 0 heterocycles. The van der Waals surface area contributed by atoms with E-state index in [1.54, 1.807) is 0 Å². The normalized spacial score (nSPS) is 11.1. The Balaban J connectivity index is 1.86. The lowest BCUT2D eigenvalue weighted by Gasteiger charge is -2.03. The van der Waals surface area contributed by atoms with Crippen LogP contribution < -0.4 is 5.43 Å². The van der Waals surface area contributed by atoms with Gasteiger partial charge in [-0.25, -0.2) is 0 Å². The molecule has 0 fully saturated rings. The van der Waals surface area contributed by atoms with E-state index >= 15 is 0 Å². The molecule has 1 N–H and O–H groups in total. The van der Waals surface area contributed by atoms with Crippen LogP contribution in [0.4, 0.5) is 5.69 Å². The Morgan fingerprint density at radius 3 is 2.50 bits per heavy atom. The second-order valence-electron chi connectivity index (χ2n) is 4.42. The van der Waals surface area contributed by atoms with E-state index < -0.39 is 0 Å². The maximum absolute atomic E-state index is 6.06. The minimum absolute atomic E-state index is 0.655. The van der Waals surface area contributed by atoms with Gasteiger partial charge in [0.1, 0.15) is 0 Å². The molecule has 0 unspecified atom stereocenters. The SMILES string of the molecule is Clc1ccccc1N/N=C\c1cccc2ccccc12. The van der Waals surface area contributed by atoms with Crippen molar-refractivity contribution in [1.29, 1.82) is 0 Å². The summed E-state index contributed by atoms with van der Waals surface area (Å²) in [4.78, 5) is 0. The van der Waals surface area contributed by atoms with E-state index in [0.717, 1.165) is 11.3 Å². The Morgan fingerprint density at radius 2 is 1.60 bits per heavy atom. The number of rotatable bonds is 3. The number of halogens is 1. The Kier molecular flexibility index (Phi) is 3.66. The fraction of sp³-hybridized carbons (Fsp3) is 0. The Morgan fingerprint density at radius 1 is 0.850 bits per heavy atom. The van der Waals surface area contributed by atoms with Gasteiger partial charge >= 0.3 is 0 Å². The van der Waals surface area contributed by atoms with Crippen LogP contribution in [-0.2, 0) is 0 Å². The van der Waals surface area contributed by atoms with Crippen LogP contribution in [0.1, 0.15) is 5.56 Å². The molecule has 2 nitrogen and oxygen atoms in total. The van der Waals surface area contributed by atoms with Crippen molar-refractivity contribution in [2.75, 3.05) is 5.43 Å². The highest BCUT2D eigenvalue weighted by Crippen LogP contribution is 2.20. The number of fused-ring (bicyclic) bond motifs is 1. The van der Waals surface area contributed by atoms with Gasteiger partial charge in [0.25, 0.3) is 0 Å². The van der Waals surface area contributed by atoms with E-state index in [1.165, 1.54) is 10.8 Å². The Bertz CT molecular complexity index is 760. The number of para-hydroxylation sites is 1. The number of nitrogens with one attached hydrogen (secondary N) is 1. The van der Waals surface area contributed by atoms with Gasteiger partial charge in [0.2, 0.25) is 0 Å². The smallest absolute Gasteiger partial charge is 0.0748 e. The van der Waals surface area contributed by atoms with Gasteiger partial charge in [0, 0.05) is 5.56 Å². The molecule has 0 aliphatic carbocycles. The van der Waals surface area contributed by atoms with Crippen molar-refractivity contribution in [3.05, 3.63) is 77.3 Å². The fourth-order valence-corrected chi connectivity index (χ4v) is 2.26. The zero-order valence-electron chi connectivity index (χ0n) is 10.8. The first-order valence-electron chi connectivity index (χ1n) is 6.36. The summed E-state index contributed by atoms with van der Waals surface area (Å²) in [6, 6.07) is 21.9. The molecule has 0 aromatic heterocycles. The molecule has 3 aromatic carbocycles. The lowest BCUT2D eigenvalue weighted by molar-refractivity contribution is 1.35. The van der Waals surface area contributed by atoms with Crippen molar-refractivity contribution in [3.8, 4) is 0 Å². The molecule has 0 atom stereocenters. The van der Waals surface area contributed by atoms with Gasteiger partial charge in [-0.3, -0.25) is 5.43 Å². The summed E-state index contributed by atoms with van der Waals surface area (Å²) in [5, 5.41) is 7.30. The molecule has 0 aliphatic rings. The summed E-state index contributed by atoms with van der Waals surface area (Å²) in [5.74, 6) is 0. The molecule has 0 saturated heterocycles. The van der Waals surface area contributed by atoms with Crippen molar-refractivity contribution in [2.24, 2.45) is 5.10 Å². The third-order valence-corrected chi connectivity index (χ3v) is 3.42. The van der Waals surface area contributed by atoms with E-state index in [1.807, 2.05) is 54.7 Å². The molecule has 98 valence electrons. The Hall–Kier alpha value is -2.32. The third kappa shape index (κ3) is 2.65. The summed E-state index contributed by atoms with van der Waals surface area (Å²) >= 11 is 6.06. The zero-order chi connectivity index (χ0) is 13.8. The highest BCUT2D eigenvalue weighted by atomic mass is 35.5. The average Bonchev–Trinajstić information content (AvgIpc) is 2.49. The molecule has 20 heavy (non-hydrogen) atoms. The van der Waals surface area contributed by atoms with E-state index in [-0.39, 0.29) is 0 Å². The number of nitrogens with zero attached hydrogens (tertiary/aromatic N) is 1. The van der Waals surface area contributed by atoms with E-state index in [0.29, 0.717) is 5.02 Å². The van der Waals surface area contributed by atoms with Gasteiger partial charge < -0.3 is 0 Å². The predicted molar refractivity (Wildman–Crippen MR) is 86.6 cm³/mol. The van der Waals surface area contributed by atoms with E-state index in [9.17, 15) is 0 Å². The third-order valence-electron chi connectivity index (χ3n) is 3.09. The monoisotopic (exact) mass is 280 g/mol. The first kappa shape index (κ1) is 12.7. The maximum atomic E-state index is 6.06. The first-order chi connectivity index (χ1) is 9.84. The number of hydrogen-bond donors (Lipinski definition) is 1. The van der Waals surface area contributed by atoms with Gasteiger partial charge in [0.15, 0.2) is 0 Å². The van der Waals surface area contributed by atoms with Crippen LogP contribution in [0, 0.1) is 0 Å². The molecule has 3 aromatic rings. The van der Waals surface area contributed by atoms with Gasteiger partial charge in [0.05, 0.1) is 16.9 Å². The van der Waals surface area contributed by atoms with Crippen molar-refractivity contribution >= 4 is 34.3 Å². The van der Waals surface area contributed by atoms with Crippen molar-refractivity contribution in [1.82, 2.24) is 0 Å². The standard InChI is InChI=1S/C17H13ClN2/c18-16-10-3-4-11-17(16)20-19-12-14-8-5-7-13-6-1-2-9-15(13)14/h1-12,20H/b19-12-. The number of hydrogen-bond acceptors (Lipinski definition) is 2. The fourth-order valence-electron chi connectivity index (χ4n) is 2.09. The van der Waals surface area contributed by atoms with Gasteiger partial charge in [-0.2, -0.15) is 5.10 Å². The second kappa shape index (κ2) is 5.76. The minimum atomic E-state index is 0.655. The molecule has 0 bridgehead atoms. The molecule has 3 rings (SSSR count). The molecular formula is C17H13ClN2. The quantitative estimate of drug-likeness (QED) is 0.533. The minimum Gasteiger partial charge on any atom is -0.277 e. The molecular weight excluding hydrogens is 268 g/mol. The second-order valence-corrected chi connectivity index (χ2v) is 4.83. The molecule has 3 heteroatoms.